The number of fused-ring (bicyclic) bond motifs is 1. The van der Waals surface area contributed by atoms with Crippen LogP contribution in [-0.4, -0.2) is 26.6 Å². The van der Waals surface area contributed by atoms with Crippen LogP contribution in [0, 0.1) is 5.92 Å². The number of carbonyl (C=O) groups excluding carboxylic acids is 1. The Morgan fingerprint density at radius 2 is 1.73 bits per heavy atom. The van der Waals surface area contributed by atoms with Crippen molar-refractivity contribution in [2.75, 3.05) is 20.8 Å². The maximum atomic E-state index is 12.1. The Balaban J connectivity index is 1.81. The number of methoxy groups -OCH3 is 2. The van der Waals surface area contributed by atoms with E-state index in [0.717, 1.165) is 28.7 Å². The summed E-state index contributed by atoms with van der Waals surface area (Å²) in [5, 5.41) is 0. The lowest BCUT2D eigenvalue weighted by molar-refractivity contribution is 0.0994. The van der Waals surface area contributed by atoms with Crippen molar-refractivity contribution in [2.45, 2.75) is 32.1 Å². The van der Waals surface area contributed by atoms with Crippen molar-refractivity contribution >= 4 is 5.78 Å². The number of hydrogen-bond acceptors (Lipinski definition) is 4. The number of ketones is 1. The molecule has 0 spiro atoms. The lowest BCUT2D eigenvalue weighted by Crippen LogP contribution is -2.19. The van der Waals surface area contributed by atoms with Crippen LogP contribution in [0.1, 0.15) is 41.6 Å². The van der Waals surface area contributed by atoms with E-state index < -0.39 is 0 Å². The molecular formula is C22H24O4. The van der Waals surface area contributed by atoms with E-state index in [1.807, 2.05) is 24.3 Å². The van der Waals surface area contributed by atoms with Gasteiger partial charge in [0.1, 0.15) is 0 Å². The van der Waals surface area contributed by atoms with Crippen LogP contribution in [0.4, 0.5) is 0 Å². The van der Waals surface area contributed by atoms with E-state index in [2.05, 4.69) is 6.07 Å². The average molecular weight is 352 g/mol. The topological polar surface area (TPSA) is 44.8 Å². The van der Waals surface area contributed by atoms with Crippen LogP contribution in [-0.2, 0) is 6.42 Å². The van der Waals surface area contributed by atoms with Gasteiger partial charge in [-0.15, -0.1) is 0 Å². The first kappa shape index (κ1) is 17.0. The molecule has 0 heterocycles. The van der Waals surface area contributed by atoms with Gasteiger partial charge in [-0.2, -0.15) is 0 Å². The fraction of sp³-hybridized carbons (Fsp3) is 0.409. The third-order valence-electron chi connectivity index (χ3n) is 5.56. The van der Waals surface area contributed by atoms with Gasteiger partial charge in [0.25, 0.3) is 0 Å². The highest BCUT2D eigenvalue weighted by Gasteiger charge is 2.27. The molecule has 0 unspecified atom stereocenters. The SMILES string of the molecule is COc1ccc(-c2cccc3c2CCC3=O)c(OCC2CCC2)c1OC. The van der Waals surface area contributed by atoms with Crippen LogP contribution in [0.3, 0.4) is 0 Å². The molecule has 4 heteroatoms. The molecule has 1 fully saturated rings. The van der Waals surface area contributed by atoms with E-state index in [1.165, 1.54) is 19.3 Å². The zero-order chi connectivity index (χ0) is 18.1. The van der Waals surface area contributed by atoms with Crippen LogP contribution in [0.25, 0.3) is 11.1 Å². The predicted octanol–water partition coefficient (Wildman–Crippen LogP) is 4.68. The molecule has 1 saturated carbocycles. The summed E-state index contributed by atoms with van der Waals surface area (Å²) < 4.78 is 17.4. The molecule has 0 N–H and O–H groups in total. The average Bonchev–Trinajstić information content (AvgIpc) is 3.01. The van der Waals surface area contributed by atoms with Gasteiger partial charge in [0.15, 0.2) is 17.3 Å². The molecule has 0 saturated heterocycles. The second-order valence-electron chi connectivity index (χ2n) is 7.04. The Hall–Kier alpha value is -2.49. The van der Waals surface area contributed by atoms with Gasteiger partial charge in [-0.05, 0) is 48.4 Å². The standard InChI is InChI=1S/C22H24O4/c1-24-20-12-10-18(15-7-4-8-17-16(15)9-11-19(17)23)21(22(20)25-2)26-13-14-5-3-6-14/h4,7-8,10,12,14H,3,5-6,9,11,13H2,1-2H3. The molecule has 0 atom stereocenters. The second-order valence-corrected chi connectivity index (χ2v) is 7.04. The van der Waals surface area contributed by atoms with Crippen molar-refractivity contribution in [1.29, 1.82) is 0 Å². The molecule has 0 aromatic heterocycles. The van der Waals surface area contributed by atoms with Gasteiger partial charge < -0.3 is 14.2 Å². The smallest absolute Gasteiger partial charge is 0.203 e. The summed E-state index contributed by atoms with van der Waals surface area (Å²) in [6.45, 7) is 0.685. The van der Waals surface area contributed by atoms with E-state index in [-0.39, 0.29) is 5.78 Å². The van der Waals surface area contributed by atoms with Gasteiger partial charge in [-0.3, -0.25) is 4.79 Å². The van der Waals surface area contributed by atoms with Crippen molar-refractivity contribution in [1.82, 2.24) is 0 Å². The summed E-state index contributed by atoms with van der Waals surface area (Å²) >= 11 is 0. The lowest BCUT2D eigenvalue weighted by Gasteiger charge is -2.27. The molecule has 0 amide bonds. The highest BCUT2D eigenvalue weighted by molar-refractivity contribution is 6.02. The molecule has 0 radical (unpaired) electrons. The fourth-order valence-corrected chi connectivity index (χ4v) is 3.86. The van der Waals surface area contributed by atoms with Crippen LogP contribution >= 0.6 is 0 Å². The van der Waals surface area contributed by atoms with Crippen LogP contribution < -0.4 is 14.2 Å². The molecule has 0 bridgehead atoms. The fourth-order valence-electron chi connectivity index (χ4n) is 3.86. The number of carbonyl (C=O) groups is 1. The molecular weight excluding hydrogens is 328 g/mol. The van der Waals surface area contributed by atoms with E-state index in [4.69, 9.17) is 14.2 Å². The highest BCUT2D eigenvalue weighted by atomic mass is 16.5. The number of Topliss-reactive ketones (excluding diaryl/α,β-unsaturated/α-hetero) is 1. The molecule has 4 nitrogen and oxygen atoms in total. The number of hydrogen-bond donors (Lipinski definition) is 0. The Morgan fingerprint density at radius 3 is 2.42 bits per heavy atom. The minimum atomic E-state index is 0.222. The molecule has 136 valence electrons. The summed E-state index contributed by atoms with van der Waals surface area (Å²) in [7, 11) is 3.27. The number of rotatable bonds is 6. The van der Waals surface area contributed by atoms with E-state index in [9.17, 15) is 4.79 Å². The van der Waals surface area contributed by atoms with Crippen molar-refractivity contribution < 1.29 is 19.0 Å². The summed E-state index contributed by atoms with van der Waals surface area (Å²) in [4.78, 5) is 12.1. The maximum Gasteiger partial charge on any atom is 0.203 e. The quantitative estimate of drug-likeness (QED) is 0.757. The molecule has 0 aliphatic heterocycles. The van der Waals surface area contributed by atoms with Crippen LogP contribution in [0.5, 0.6) is 17.2 Å². The Bertz CT molecular complexity index is 836. The van der Waals surface area contributed by atoms with Crippen molar-refractivity contribution in [3.63, 3.8) is 0 Å². The minimum absolute atomic E-state index is 0.222. The van der Waals surface area contributed by atoms with Crippen LogP contribution in [0.2, 0.25) is 0 Å². The van der Waals surface area contributed by atoms with Gasteiger partial charge in [-0.1, -0.05) is 24.6 Å². The predicted molar refractivity (Wildman–Crippen MR) is 100 cm³/mol. The Kier molecular flexibility index (Phi) is 4.58. The molecule has 4 rings (SSSR count). The lowest BCUT2D eigenvalue weighted by atomic mass is 9.86. The summed E-state index contributed by atoms with van der Waals surface area (Å²) in [6.07, 6.45) is 5.08. The number of ether oxygens (including phenoxy) is 3. The van der Waals surface area contributed by atoms with Gasteiger partial charge in [0.05, 0.1) is 20.8 Å². The summed E-state index contributed by atoms with van der Waals surface area (Å²) in [5.41, 5.74) is 3.96. The molecule has 2 aliphatic rings. The monoisotopic (exact) mass is 352 g/mol. The highest BCUT2D eigenvalue weighted by Crippen LogP contribution is 2.47. The maximum absolute atomic E-state index is 12.1. The number of benzene rings is 2. The van der Waals surface area contributed by atoms with Crippen molar-refractivity contribution in [3.8, 4) is 28.4 Å². The van der Waals surface area contributed by atoms with E-state index in [0.29, 0.717) is 36.2 Å². The largest absolute Gasteiger partial charge is 0.493 e. The second kappa shape index (κ2) is 7.02. The third-order valence-corrected chi connectivity index (χ3v) is 5.56. The van der Waals surface area contributed by atoms with Gasteiger partial charge >= 0.3 is 0 Å². The van der Waals surface area contributed by atoms with Crippen molar-refractivity contribution in [2.24, 2.45) is 5.92 Å². The first-order chi connectivity index (χ1) is 12.7. The first-order valence-corrected chi connectivity index (χ1v) is 9.26. The van der Waals surface area contributed by atoms with E-state index >= 15 is 0 Å². The molecule has 2 aliphatic carbocycles. The Morgan fingerprint density at radius 1 is 0.923 bits per heavy atom. The van der Waals surface area contributed by atoms with Gasteiger partial charge in [0.2, 0.25) is 5.75 Å². The van der Waals surface area contributed by atoms with Crippen molar-refractivity contribution in [3.05, 3.63) is 41.5 Å². The zero-order valence-corrected chi connectivity index (χ0v) is 15.3. The Labute approximate surface area is 154 Å². The van der Waals surface area contributed by atoms with Crippen LogP contribution in [0.15, 0.2) is 30.3 Å². The first-order valence-electron chi connectivity index (χ1n) is 9.26. The zero-order valence-electron chi connectivity index (χ0n) is 15.3. The minimum Gasteiger partial charge on any atom is -0.493 e. The molecule has 26 heavy (non-hydrogen) atoms. The van der Waals surface area contributed by atoms with E-state index in [1.54, 1.807) is 14.2 Å². The molecule has 2 aromatic carbocycles. The summed E-state index contributed by atoms with van der Waals surface area (Å²) in [5.74, 6) is 2.82. The molecule has 2 aromatic rings. The van der Waals surface area contributed by atoms with Gasteiger partial charge in [0, 0.05) is 17.5 Å². The third kappa shape index (κ3) is 2.83. The summed E-state index contributed by atoms with van der Waals surface area (Å²) in [6, 6.07) is 9.85. The normalized spacial score (nSPS) is 16.2. The van der Waals surface area contributed by atoms with Gasteiger partial charge in [-0.25, -0.2) is 0 Å².